The highest BCUT2D eigenvalue weighted by Gasteiger charge is 2.19. The molecule has 0 N–H and O–H groups in total. The van der Waals surface area contributed by atoms with Crippen molar-refractivity contribution in [3.63, 3.8) is 0 Å². The van der Waals surface area contributed by atoms with Gasteiger partial charge in [0.25, 0.3) is 5.56 Å². The molecule has 5 aromatic rings. The van der Waals surface area contributed by atoms with Crippen molar-refractivity contribution in [2.45, 2.75) is 6.92 Å². The van der Waals surface area contributed by atoms with Gasteiger partial charge in [-0.15, -0.1) is 0 Å². The maximum atomic E-state index is 13.8. The second kappa shape index (κ2) is 7.28. The Hall–Kier alpha value is -3.70. The average Bonchev–Trinajstić information content (AvgIpc) is 3.20. The van der Waals surface area contributed by atoms with Gasteiger partial charge in [0, 0.05) is 16.3 Å². The Morgan fingerprint density at radius 3 is 2.23 bits per heavy atom. The second-order valence-electron chi connectivity index (χ2n) is 7.04. The lowest BCUT2D eigenvalue weighted by molar-refractivity contribution is 0.958. The zero-order valence-corrected chi connectivity index (χ0v) is 16.9. The number of para-hydroxylation sites is 1. The summed E-state index contributed by atoms with van der Waals surface area (Å²) in [5.74, 6) is 0.520. The van der Waals surface area contributed by atoms with E-state index >= 15 is 0 Å². The molecule has 0 aliphatic rings. The minimum absolute atomic E-state index is 0.185. The lowest BCUT2D eigenvalue weighted by atomic mass is 10.2. The molecule has 0 amide bonds. The smallest absolute Gasteiger partial charge is 0.285 e. The van der Waals surface area contributed by atoms with Crippen molar-refractivity contribution in [1.82, 2.24) is 19.1 Å². The SMILES string of the molecule is Cc1ccc(-n2c(-c3ccc(Cl)cc3)nc3ncn(-c4ccccc4)c3c2=O)cc1. The molecule has 0 saturated heterocycles. The molecule has 0 aliphatic heterocycles. The topological polar surface area (TPSA) is 52.7 Å². The van der Waals surface area contributed by atoms with Gasteiger partial charge in [0.1, 0.15) is 12.2 Å². The van der Waals surface area contributed by atoms with Gasteiger partial charge in [-0.3, -0.25) is 13.9 Å². The molecule has 2 heterocycles. The molecule has 5 nitrogen and oxygen atoms in total. The van der Waals surface area contributed by atoms with Crippen LogP contribution in [0.2, 0.25) is 5.02 Å². The predicted molar refractivity (Wildman–Crippen MR) is 120 cm³/mol. The Bertz CT molecular complexity index is 1400. The first-order chi connectivity index (χ1) is 14.6. The third-order valence-electron chi connectivity index (χ3n) is 5.01. The number of hydrogen-bond acceptors (Lipinski definition) is 3. The number of nitrogens with zero attached hydrogens (tertiary/aromatic N) is 4. The Morgan fingerprint density at radius 1 is 0.833 bits per heavy atom. The van der Waals surface area contributed by atoms with Gasteiger partial charge in [0.15, 0.2) is 11.2 Å². The van der Waals surface area contributed by atoms with Gasteiger partial charge in [-0.1, -0.05) is 47.5 Å². The molecule has 30 heavy (non-hydrogen) atoms. The van der Waals surface area contributed by atoms with E-state index in [0.29, 0.717) is 22.0 Å². The van der Waals surface area contributed by atoms with Crippen LogP contribution >= 0.6 is 11.6 Å². The molecule has 0 unspecified atom stereocenters. The summed E-state index contributed by atoms with van der Waals surface area (Å²) in [5.41, 5.74) is 4.14. The molecule has 5 rings (SSSR count). The summed E-state index contributed by atoms with van der Waals surface area (Å²) in [7, 11) is 0. The molecule has 0 atom stereocenters. The van der Waals surface area contributed by atoms with Gasteiger partial charge >= 0.3 is 0 Å². The van der Waals surface area contributed by atoms with Gasteiger partial charge in [0.05, 0.1) is 5.69 Å². The summed E-state index contributed by atoms with van der Waals surface area (Å²) < 4.78 is 3.41. The molecule has 2 aromatic heterocycles. The van der Waals surface area contributed by atoms with Crippen LogP contribution in [0.5, 0.6) is 0 Å². The molecule has 0 saturated carbocycles. The van der Waals surface area contributed by atoms with Crippen LogP contribution in [0.4, 0.5) is 0 Å². The van der Waals surface area contributed by atoms with Crippen molar-refractivity contribution in [2.75, 3.05) is 0 Å². The number of aryl methyl sites for hydroxylation is 1. The van der Waals surface area contributed by atoms with Crippen molar-refractivity contribution < 1.29 is 0 Å². The monoisotopic (exact) mass is 412 g/mol. The Labute approximate surface area is 177 Å². The molecule has 0 spiro atoms. The highest BCUT2D eigenvalue weighted by atomic mass is 35.5. The van der Waals surface area contributed by atoms with Crippen molar-refractivity contribution >= 4 is 22.8 Å². The van der Waals surface area contributed by atoms with Crippen molar-refractivity contribution in [2.24, 2.45) is 0 Å². The largest absolute Gasteiger partial charge is 0.293 e. The molecular weight excluding hydrogens is 396 g/mol. The fraction of sp³-hybridized carbons (Fsp3) is 0.0417. The first-order valence-corrected chi connectivity index (χ1v) is 9.88. The number of halogens is 1. The fourth-order valence-corrected chi connectivity index (χ4v) is 3.61. The van der Waals surface area contributed by atoms with Crippen LogP contribution in [0.1, 0.15) is 5.56 Å². The van der Waals surface area contributed by atoms with Gasteiger partial charge in [-0.2, -0.15) is 0 Å². The number of imidazole rings is 1. The fourth-order valence-electron chi connectivity index (χ4n) is 3.48. The minimum Gasteiger partial charge on any atom is -0.293 e. The number of benzene rings is 3. The van der Waals surface area contributed by atoms with Crippen molar-refractivity contribution in [3.8, 4) is 22.8 Å². The maximum absolute atomic E-state index is 13.8. The van der Waals surface area contributed by atoms with E-state index in [2.05, 4.69) is 4.98 Å². The minimum atomic E-state index is -0.185. The van der Waals surface area contributed by atoms with Crippen LogP contribution in [-0.2, 0) is 0 Å². The molecule has 146 valence electrons. The number of hydrogen-bond donors (Lipinski definition) is 0. The van der Waals surface area contributed by atoms with E-state index in [1.54, 1.807) is 27.6 Å². The highest BCUT2D eigenvalue weighted by molar-refractivity contribution is 6.30. The molecular formula is C24H17ClN4O. The zero-order chi connectivity index (χ0) is 20.7. The van der Waals surface area contributed by atoms with E-state index in [-0.39, 0.29) is 5.56 Å². The summed E-state index contributed by atoms with van der Waals surface area (Å²) in [5, 5.41) is 0.623. The number of fused-ring (bicyclic) bond motifs is 1. The van der Waals surface area contributed by atoms with E-state index < -0.39 is 0 Å². The summed E-state index contributed by atoms with van der Waals surface area (Å²) in [6.07, 6.45) is 1.64. The van der Waals surface area contributed by atoms with Crippen LogP contribution in [0.25, 0.3) is 33.9 Å². The summed E-state index contributed by atoms with van der Waals surface area (Å²) in [4.78, 5) is 23.0. The third-order valence-corrected chi connectivity index (χ3v) is 5.26. The molecule has 0 aliphatic carbocycles. The van der Waals surface area contributed by atoms with Crippen LogP contribution in [0, 0.1) is 6.92 Å². The van der Waals surface area contributed by atoms with Crippen LogP contribution in [0.3, 0.4) is 0 Å². The van der Waals surface area contributed by atoms with Crippen molar-refractivity contribution in [1.29, 1.82) is 0 Å². The lowest BCUT2D eigenvalue weighted by Crippen LogP contribution is -2.23. The maximum Gasteiger partial charge on any atom is 0.285 e. The van der Waals surface area contributed by atoms with Gasteiger partial charge in [-0.05, 0) is 55.5 Å². The van der Waals surface area contributed by atoms with E-state index in [1.807, 2.05) is 73.7 Å². The van der Waals surface area contributed by atoms with Gasteiger partial charge < -0.3 is 0 Å². The number of aromatic nitrogens is 4. The lowest BCUT2D eigenvalue weighted by Gasteiger charge is -2.14. The molecule has 0 bridgehead atoms. The Kier molecular flexibility index (Phi) is 4.45. The summed E-state index contributed by atoms with van der Waals surface area (Å²) >= 11 is 6.07. The van der Waals surface area contributed by atoms with E-state index in [1.165, 1.54) is 0 Å². The summed E-state index contributed by atoms with van der Waals surface area (Å²) in [6.45, 7) is 2.01. The molecule has 0 fully saturated rings. The average molecular weight is 413 g/mol. The van der Waals surface area contributed by atoms with Gasteiger partial charge in [0.2, 0.25) is 0 Å². The quantitative estimate of drug-likeness (QED) is 0.409. The van der Waals surface area contributed by atoms with Crippen LogP contribution in [0.15, 0.2) is 90.0 Å². The Balaban J connectivity index is 1.85. The van der Waals surface area contributed by atoms with E-state index in [0.717, 1.165) is 22.5 Å². The second-order valence-corrected chi connectivity index (χ2v) is 7.48. The highest BCUT2D eigenvalue weighted by Crippen LogP contribution is 2.24. The number of rotatable bonds is 3. The van der Waals surface area contributed by atoms with E-state index in [9.17, 15) is 4.79 Å². The third kappa shape index (κ3) is 3.09. The van der Waals surface area contributed by atoms with Crippen LogP contribution < -0.4 is 5.56 Å². The van der Waals surface area contributed by atoms with Crippen LogP contribution in [-0.4, -0.2) is 19.1 Å². The summed E-state index contributed by atoms with van der Waals surface area (Å²) in [6, 6.07) is 24.7. The molecule has 0 radical (unpaired) electrons. The zero-order valence-electron chi connectivity index (χ0n) is 16.2. The molecule has 3 aromatic carbocycles. The van der Waals surface area contributed by atoms with E-state index in [4.69, 9.17) is 16.6 Å². The Morgan fingerprint density at radius 2 is 1.53 bits per heavy atom. The molecule has 6 heteroatoms. The predicted octanol–water partition coefficient (Wildman–Crippen LogP) is 5.20. The van der Waals surface area contributed by atoms with Gasteiger partial charge in [-0.25, -0.2) is 9.97 Å². The standard InChI is InChI=1S/C24H17ClN4O/c1-16-7-13-20(14-8-16)29-23(17-9-11-18(25)12-10-17)27-22-21(24(29)30)28(15-26-22)19-5-3-2-4-6-19/h2-15H,1H3. The van der Waals surface area contributed by atoms with Crippen molar-refractivity contribution in [3.05, 3.63) is 106 Å². The first kappa shape index (κ1) is 18.3. The first-order valence-electron chi connectivity index (χ1n) is 9.50. The normalized spacial score (nSPS) is 11.1.